The molecule has 0 saturated carbocycles. The maximum absolute atomic E-state index is 5.96. The number of nitrogens with zero attached hydrogens (tertiary/aromatic N) is 2. The van der Waals surface area contributed by atoms with Crippen molar-refractivity contribution < 1.29 is 0 Å². The van der Waals surface area contributed by atoms with E-state index in [-0.39, 0.29) is 0 Å². The van der Waals surface area contributed by atoms with Gasteiger partial charge in [0, 0.05) is 17.0 Å². The molecule has 106 valence electrons. The normalized spacial score (nSPS) is 10.8. The number of aromatic nitrogens is 2. The van der Waals surface area contributed by atoms with Crippen LogP contribution >= 0.6 is 11.8 Å². The highest BCUT2D eigenvalue weighted by Gasteiger charge is 2.14. The first-order valence-corrected chi connectivity index (χ1v) is 7.83. The van der Waals surface area contributed by atoms with E-state index < -0.39 is 0 Å². The van der Waals surface area contributed by atoms with Gasteiger partial charge in [0.25, 0.3) is 0 Å². The molecule has 0 atom stereocenters. The van der Waals surface area contributed by atoms with Crippen LogP contribution in [0.25, 0.3) is 0 Å². The second-order valence-electron chi connectivity index (χ2n) is 4.69. The number of rotatable bonds is 5. The van der Waals surface area contributed by atoms with E-state index in [2.05, 4.69) is 43.1 Å². The van der Waals surface area contributed by atoms with Crippen molar-refractivity contribution in [3.05, 3.63) is 46.6 Å². The summed E-state index contributed by atoms with van der Waals surface area (Å²) in [4.78, 5) is 1.21. The molecule has 1 aromatic carbocycles. The summed E-state index contributed by atoms with van der Waals surface area (Å²) in [5.41, 5.74) is 10.7. The third kappa shape index (κ3) is 3.02. The number of hydrogen-bond donors (Lipinski definition) is 1. The van der Waals surface area contributed by atoms with E-state index in [1.54, 1.807) is 11.8 Å². The van der Waals surface area contributed by atoms with Crippen LogP contribution in [0.2, 0.25) is 0 Å². The molecule has 0 unspecified atom stereocenters. The molecule has 0 aliphatic carbocycles. The highest BCUT2D eigenvalue weighted by atomic mass is 32.2. The fourth-order valence-electron chi connectivity index (χ4n) is 2.30. The molecule has 4 heteroatoms. The van der Waals surface area contributed by atoms with Crippen molar-refractivity contribution in [3.8, 4) is 0 Å². The third-order valence-corrected chi connectivity index (χ3v) is 4.62. The van der Waals surface area contributed by atoms with Crippen LogP contribution in [0.3, 0.4) is 0 Å². The fraction of sp³-hybridized carbons (Fsp3) is 0.375. The van der Waals surface area contributed by atoms with Gasteiger partial charge in [0.15, 0.2) is 0 Å². The molecule has 3 nitrogen and oxygen atoms in total. The molecule has 2 aromatic rings. The lowest BCUT2D eigenvalue weighted by molar-refractivity contribution is 0.782. The minimum absolute atomic E-state index is 0.514. The highest BCUT2D eigenvalue weighted by Crippen LogP contribution is 2.32. The second-order valence-corrected chi connectivity index (χ2v) is 5.72. The van der Waals surface area contributed by atoms with Gasteiger partial charge in [0.1, 0.15) is 5.03 Å². The summed E-state index contributed by atoms with van der Waals surface area (Å²) < 4.78 is 0. The molecule has 20 heavy (non-hydrogen) atoms. The maximum Gasteiger partial charge on any atom is 0.128 e. The van der Waals surface area contributed by atoms with Gasteiger partial charge in [-0.2, -0.15) is 5.10 Å². The van der Waals surface area contributed by atoms with E-state index in [1.807, 2.05) is 12.1 Å². The summed E-state index contributed by atoms with van der Waals surface area (Å²) in [7, 11) is 0. The fourth-order valence-corrected chi connectivity index (χ4v) is 3.29. The van der Waals surface area contributed by atoms with Crippen LogP contribution in [0.1, 0.15) is 36.2 Å². The van der Waals surface area contributed by atoms with Crippen LogP contribution in [-0.2, 0) is 19.4 Å². The zero-order valence-corrected chi connectivity index (χ0v) is 13.1. The molecule has 0 spiro atoms. The van der Waals surface area contributed by atoms with Crippen LogP contribution in [0, 0.1) is 6.92 Å². The molecule has 2 rings (SSSR count). The lowest BCUT2D eigenvalue weighted by atomic mass is 10.0. The Morgan fingerprint density at radius 2 is 1.80 bits per heavy atom. The molecule has 2 N–H and O–H groups in total. The van der Waals surface area contributed by atoms with E-state index in [9.17, 15) is 0 Å². The van der Waals surface area contributed by atoms with Crippen LogP contribution in [0.5, 0.6) is 0 Å². The zero-order chi connectivity index (χ0) is 14.5. The molecule has 1 aromatic heterocycles. The summed E-state index contributed by atoms with van der Waals surface area (Å²) in [5.74, 6) is 0. The molecule has 0 amide bonds. The molecule has 0 aliphatic heterocycles. The van der Waals surface area contributed by atoms with Gasteiger partial charge in [-0.25, -0.2) is 0 Å². The van der Waals surface area contributed by atoms with Crippen molar-refractivity contribution in [2.45, 2.75) is 50.1 Å². The van der Waals surface area contributed by atoms with Crippen molar-refractivity contribution in [2.75, 3.05) is 0 Å². The van der Waals surface area contributed by atoms with Crippen molar-refractivity contribution in [1.82, 2.24) is 10.2 Å². The average molecular weight is 287 g/mol. The van der Waals surface area contributed by atoms with Gasteiger partial charge < -0.3 is 5.73 Å². The number of benzene rings is 1. The first-order chi connectivity index (χ1) is 9.71. The van der Waals surface area contributed by atoms with Gasteiger partial charge in [-0.05, 0) is 37.0 Å². The minimum atomic E-state index is 0.514. The van der Waals surface area contributed by atoms with Gasteiger partial charge in [0.2, 0.25) is 0 Å². The van der Waals surface area contributed by atoms with Crippen LogP contribution in [0.15, 0.2) is 34.2 Å². The maximum atomic E-state index is 5.96. The lowest BCUT2D eigenvalue weighted by Crippen LogP contribution is -2.10. The Labute approximate surface area is 125 Å². The zero-order valence-electron chi connectivity index (χ0n) is 12.3. The van der Waals surface area contributed by atoms with E-state index in [1.165, 1.54) is 16.0 Å². The summed E-state index contributed by atoms with van der Waals surface area (Å²) in [6, 6.07) is 8.32. The Balaban J connectivity index is 2.44. The van der Waals surface area contributed by atoms with Gasteiger partial charge in [-0.1, -0.05) is 43.8 Å². The van der Waals surface area contributed by atoms with Gasteiger partial charge in [-0.15, -0.1) is 5.10 Å². The Hall–Kier alpha value is -1.39. The average Bonchev–Trinajstić information content (AvgIpc) is 2.48. The third-order valence-electron chi connectivity index (χ3n) is 3.43. The Morgan fingerprint density at radius 1 is 1.05 bits per heavy atom. The van der Waals surface area contributed by atoms with E-state index in [0.29, 0.717) is 6.54 Å². The largest absolute Gasteiger partial charge is 0.326 e. The smallest absolute Gasteiger partial charge is 0.128 e. The molecule has 0 saturated heterocycles. The second kappa shape index (κ2) is 6.86. The van der Waals surface area contributed by atoms with Gasteiger partial charge in [0.05, 0.1) is 5.69 Å². The summed E-state index contributed by atoms with van der Waals surface area (Å²) >= 11 is 1.66. The van der Waals surface area contributed by atoms with E-state index in [4.69, 9.17) is 5.73 Å². The van der Waals surface area contributed by atoms with Crippen molar-refractivity contribution in [1.29, 1.82) is 0 Å². The lowest BCUT2D eigenvalue weighted by Gasteiger charge is -2.14. The van der Waals surface area contributed by atoms with Crippen LogP contribution in [0.4, 0.5) is 0 Å². The van der Waals surface area contributed by atoms with Crippen LogP contribution in [-0.4, -0.2) is 10.2 Å². The van der Waals surface area contributed by atoms with Gasteiger partial charge in [-0.3, -0.25) is 0 Å². The molecular weight excluding hydrogens is 266 g/mol. The molecule has 1 heterocycles. The highest BCUT2D eigenvalue weighted by molar-refractivity contribution is 7.99. The molecule has 0 bridgehead atoms. The summed E-state index contributed by atoms with van der Waals surface area (Å²) in [6.45, 7) is 6.88. The Kier molecular flexibility index (Phi) is 5.15. The quantitative estimate of drug-likeness (QED) is 0.914. The molecule has 0 aliphatic rings. The number of nitrogens with two attached hydrogens (primary N) is 1. The molecule has 0 fully saturated rings. The first-order valence-electron chi connectivity index (χ1n) is 7.02. The number of aryl methyl sites for hydroxylation is 2. The van der Waals surface area contributed by atoms with Crippen molar-refractivity contribution >= 4 is 11.8 Å². The predicted octanol–water partition coefficient (Wildman–Crippen LogP) is 3.52. The monoisotopic (exact) mass is 287 g/mol. The SMILES string of the molecule is CCc1nnc(Sc2ccccc2C)c(CN)c1CC. The van der Waals surface area contributed by atoms with Crippen LogP contribution < -0.4 is 5.73 Å². The minimum Gasteiger partial charge on any atom is -0.326 e. The Bertz CT molecular complexity index is 596. The van der Waals surface area contributed by atoms with E-state index >= 15 is 0 Å². The Morgan fingerprint density at radius 3 is 2.40 bits per heavy atom. The molecular formula is C16H21N3S. The molecule has 0 radical (unpaired) electrons. The number of hydrogen-bond acceptors (Lipinski definition) is 4. The van der Waals surface area contributed by atoms with Crippen molar-refractivity contribution in [2.24, 2.45) is 5.73 Å². The topological polar surface area (TPSA) is 51.8 Å². The summed E-state index contributed by atoms with van der Waals surface area (Å²) in [5, 5.41) is 9.71. The summed E-state index contributed by atoms with van der Waals surface area (Å²) in [6.07, 6.45) is 1.85. The standard InChI is InChI=1S/C16H21N3S/c1-4-12-13(10-17)16(19-18-14(12)5-2)20-15-9-7-6-8-11(15)3/h6-9H,4-5,10,17H2,1-3H3. The van der Waals surface area contributed by atoms with Crippen molar-refractivity contribution in [3.63, 3.8) is 0 Å². The predicted molar refractivity (Wildman–Crippen MR) is 84.0 cm³/mol. The van der Waals surface area contributed by atoms with E-state index in [0.717, 1.165) is 29.1 Å². The first kappa shape index (κ1) is 15.0. The van der Waals surface area contributed by atoms with Gasteiger partial charge >= 0.3 is 0 Å².